The predicted octanol–water partition coefficient (Wildman–Crippen LogP) is 2.15. The molecule has 6 heteroatoms. The van der Waals surface area contributed by atoms with Crippen molar-refractivity contribution in [1.82, 2.24) is 15.0 Å². The third-order valence-electron chi connectivity index (χ3n) is 4.51. The van der Waals surface area contributed by atoms with Crippen LogP contribution in [-0.2, 0) is 24.3 Å². The Labute approximate surface area is 145 Å². The molecule has 25 heavy (non-hydrogen) atoms. The Morgan fingerprint density at radius 2 is 1.84 bits per heavy atom. The third kappa shape index (κ3) is 3.16. The van der Waals surface area contributed by atoms with Crippen LogP contribution >= 0.6 is 0 Å². The highest BCUT2D eigenvalue weighted by Crippen LogP contribution is 2.25. The normalized spacial score (nSPS) is 17.2. The van der Waals surface area contributed by atoms with Crippen molar-refractivity contribution < 1.29 is 9.32 Å². The highest BCUT2D eigenvalue weighted by molar-refractivity contribution is 5.80. The largest absolute Gasteiger partial charge is 0.368 e. The van der Waals surface area contributed by atoms with Gasteiger partial charge < -0.3 is 10.3 Å². The first-order valence-corrected chi connectivity index (χ1v) is 8.19. The summed E-state index contributed by atoms with van der Waals surface area (Å²) >= 11 is 0. The fraction of sp³-hybridized carbons (Fsp3) is 0.211. The highest BCUT2D eigenvalue weighted by atomic mass is 16.5. The van der Waals surface area contributed by atoms with Gasteiger partial charge in [0.1, 0.15) is 0 Å². The number of aromatic nitrogens is 2. The summed E-state index contributed by atoms with van der Waals surface area (Å²) in [7, 11) is 0. The third-order valence-corrected chi connectivity index (χ3v) is 4.51. The number of benzene rings is 2. The molecule has 1 aliphatic rings. The van der Waals surface area contributed by atoms with E-state index in [0.717, 1.165) is 11.1 Å². The maximum atomic E-state index is 11.9. The van der Waals surface area contributed by atoms with E-state index in [9.17, 15) is 4.79 Å². The van der Waals surface area contributed by atoms with E-state index in [1.165, 1.54) is 5.56 Å². The minimum absolute atomic E-state index is 0.336. The van der Waals surface area contributed by atoms with E-state index in [-0.39, 0.29) is 11.9 Å². The number of amides is 1. The van der Waals surface area contributed by atoms with Crippen LogP contribution < -0.4 is 5.73 Å². The summed E-state index contributed by atoms with van der Waals surface area (Å²) in [5, 5.41) is 4.04. The predicted molar refractivity (Wildman–Crippen MR) is 92.1 cm³/mol. The van der Waals surface area contributed by atoms with E-state index < -0.39 is 0 Å². The fourth-order valence-electron chi connectivity index (χ4n) is 3.22. The van der Waals surface area contributed by atoms with Crippen molar-refractivity contribution in [3.8, 4) is 11.4 Å². The molecular weight excluding hydrogens is 316 g/mol. The lowest BCUT2D eigenvalue weighted by Crippen LogP contribution is -2.48. The van der Waals surface area contributed by atoms with Crippen molar-refractivity contribution >= 4 is 5.91 Å². The minimum atomic E-state index is -0.373. The van der Waals surface area contributed by atoms with Gasteiger partial charge in [-0.2, -0.15) is 4.98 Å². The van der Waals surface area contributed by atoms with Crippen molar-refractivity contribution in [3.63, 3.8) is 0 Å². The average Bonchev–Trinajstić information content (AvgIpc) is 3.10. The molecule has 6 nitrogen and oxygen atoms in total. The number of nitrogens with zero attached hydrogens (tertiary/aromatic N) is 3. The van der Waals surface area contributed by atoms with Gasteiger partial charge in [0.05, 0.1) is 12.6 Å². The van der Waals surface area contributed by atoms with Crippen molar-refractivity contribution in [2.24, 2.45) is 5.73 Å². The number of primary amides is 1. The molecule has 0 unspecified atom stereocenters. The molecule has 1 amide bonds. The minimum Gasteiger partial charge on any atom is -0.368 e. The zero-order chi connectivity index (χ0) is 17.2. The standard InChI is InChI=1S/C19H18N4O2/c20-18(24)16-10-14-8-4-5-9-15(14)11-23(16)12-17-21-19(22-25-17)13-6-2-1-3-7-13/h1-9,16H,10-12H2,(H2,20,24)/t16-/m1/s1. The molecule has 0 saturated heterocycles. The number of carbonyl (C=O) groups excluding carboxylic acids is 1. The second-order valence-corrected chi connectivity index (χ2v) is 6.17. The maximum absolute atomic E-state index is 11.9. The van der Waals surface area contributed by atoms with Gasteiger partial charge in [-0.25, -0.2) is 0 Å². The molecule has 2 heterocycles. The number of hydrogen-bond acceptors (Lipinski definition) is 5. The van der Waals surface area contributed by atoms with Crippen LogP contribution in [0.25, 0.3) is 11.4 Å². The smallest absolute Gasteiger partial charge is 0.241 e. The first-order valence-electron chi connectivity index (χ1n) is 8.19. The Bertz CT molecular complexity index is 891. The highest BCUT2D eigenvalue weighted by Gasteiger charge is 2.31. The van der Waals surface area contributed by atoms with Gasteiger partial charge in [0.15, 0.2) is 0 Å². The van der Waals surface area contributed by atoms with E-state index in [1.807, 2.05) is 53.4 Å². The molecule has 4 rings (SSSR count). The quantitative estimate of drug-likeness (QED) is 0.790. The van der Waals surface area contributed by atoms with Crippen LogP contribution in [0.15, 0.2) is 59.1 Å². The Hall–Kier alpha value is -2.99. The molecule has 1 aliphatic heterocycles. The second-order valence-electron chi connectivity index (χ2n) is 6.17. The first-order chi connectivity index (χ1) is 12.2. The topological polar surface area (TPSA) is 85.3 Å². The van der Waals surface area contributed by atoms with Gasteiger partial charge in [-0.1, -0.05) is 59.8 Å². The zero-order valence-electron chi connectivity index (χ0n) is 13.6. The number of hydrogen-bond donors (Lipinski definition) is 1. The fourth-order valence-corrected chi connectivity index (χ4v) is 3.22. The molecule has 0 fully saturated rings. The van der Waals surface area contributed by atoms with Gasteiger partial charge in [-0.3, -0.25) is 9.69 Å². The lowest BCUT2D eigenvalue weighted by molar-refractivity contribution is -0.124. The molecule has 0 bridgehead atoms. The van der Waals surface area contributed by atoms with E-state index >= 15 is 0 Å². The number of carbonyl (C=O) groups is 1. The van der Waals surface area contributed by atoms with Crippen LogP contribution in [0.2, 0.25) is 0 Å². The van der Waals surface area contributed by atoms with Crippen molar-refractivity contribution in [2.75, 3.05) is 0 Å². The molecule has 1 atom stereocenters. The molecule has 0 radical (unpaired) electrons. The molecule has 0 aliphatic carbocycles. The maximum Gasteiger partial charge on any atom is 0.241 e. The van der Waals surface area contributed by atoms with Gasteiger partial charge >= 0.3 is 0 Å². The van der Waals surface area contributed by atoms with Crippen molar-refractivity contribution in [2.45, 2.75) is 25.6 Å². The first kappa shape index (κ1) is 15.5. The lowest BCUT2D eigenvalue weighted by atomic mass is 9.93. The van der Waals surface area contributed by atoms with Crippen LogP contribution in [0, 0.1) is 0 Å². The molecule has 0 spiro atoms. The van der Waals surface area contributed by atoms with E-state index in [1.54, 1.807) is 0 Å². The van der Waals surface area contributed by atoms with Crippen molar-refractivity contribution in [1.29, 1.82) is 0 Å². The zero-order valence-corrected chi connectivity index (χ0v) is 13.6. The summed E-state index contributed by atoms with van der Waals surface area (Å²) in [6.45, 7) is 1.02. The number of fused-ring (bicyclic) bond motifs is 1. The van der Waals surface area contributed by atoms with Gasteiger partial charge in [0.2, 0.25) is 17.6 Å². The molecule has 1 aromatic heterocycles. The van der Waals surface area contributed by atoms with E-state index in [2.05, 4.69) is 16.2 Å². The Kier molecular flexibility index (Phi) is 4.03. The molecule has 126 valence electrons. The van der Waals surface area contributed by atoms with Gasteiger partial charge in [-0.05, 0) is 17.5 Å². The van der Waals surface area contributed by atoms with Crippen LogP contribution in [0.1, 0.15) is 17.0 Å². The summed E-state index contributed by atoms with van der Waals surface area (Å²) in [4.78, 5) is 18.4. The number of nitrogens with two attached hydrogens (primary N) is 1. The van der Waals surface area contributed by atoms with Gasteiger partial charge in [-0.15, -0.1) is 0 Å². The van der Waals surface area contributed by atoms with Crippen molar-refractivity contribution in [3.05, 3.63) is 71.6 Å². The summed E-state index contributed by atoms with van der Waals surface area (Å²) < 4.78 is 5.38. The monoisotopic (exact) mass is 334 g/mol. The van der Waals surface area contributed by atoms with Gasteiger partial charge in [0, 0.05) is 12.1 Å². The van der Waals surface area contributed by atoms with Gasteiger partial charge in [0.25, 0.3) is 0 Å². The van der Waals surface area contributed by atoms with E-state index in [4.69, 9.17) is 10.3 Å². The average molecular weight is 334 g/mol. The second kappa shape index (κ2) is 6.49. The number of rotatable bonds is 4. The Morgan fingerprint density at radius 1 is 1.12 bits per heavy atom. The summed E-state index contributed by atoms with van der Waals surface area (Å²) in [6, 6.07) is 17.4. The van der Waals surface area contributed by atoms with Crippen LogP contribution in [0.3, 0.4) is 0 Å². The van der Waals surface area contributed by atoms with Crippen LogP contribution in [-0.4, -0.2) is 27.0 Å². The van der Waals surface area contributed by atoms with Crippen LogP contribution in [0.5, 0.6) is 0 Å². The summed E-state index contributed by atoms with van der Waals surface area (Å²) in [5.41, 5.74) is 8.88. The van der Waals surface area contributed by atoms with E-state index in [0.29, 0.717) is 31.2 Å². The molecule has 2 aromatic carbocycles. The molecule has 3 aromatic rings. The molecule has 0 saturated carbocycles. The lowest BCUT2D eigenvalue weighted by Gasteiger charge is -2.33. The molecule has 2 N–H and O–H groups in total. The Morgan fingerprint density at radius 3 is 2.60 bits per heavy atom. The Balaban J connectivity index is 1.57. The van der Waals surface area contributed by atoms with Crippen LogP contribution in [0.4, 0.5) is 0 Å². The molecular formula is C19H18N4O2. The summed E-state index contributed by atoms with van der Waals surface area (Å²) in [5.74, 6) is 0.686. The SMILES string of the molecule is NC(=O)[C@H]1Cc2ccccc2CN1Cc1nc(-c2ccccc2)no1. The summed E-state index contributed by atoms with van der Waals surface area (Å²) in [6.07, 6.45) is 0.602.